The number of carboxylic acids is 2. The molecule has 1 unspecified atom stereocenters. The van der Waals surface area contributed by atoms with Crippen molar-refractivity contribution in [2.75, 3.05) is 23.8 Å². The third-order valence-corrected chi connectivity index (χ3v) is 7.69. The fourth-order valence-corrected chi connectivity index (χ4v) is 6.00. The molecule has 1 fully saturated rings. The number of rotatable bonds is 11. The molecule has 2 amide bonds. The third kappa shape index (κ3) is 6.85. The van der Waals surface area contributed by atoms with Gasteiger partial charge in [0.05, 0.1) is 0 Å². The summed E-state index contributed by atoms with van der Waals surface area (Å²) in [7, 11) is 0. The molecule has 0 radical (unpaired) electrons. The number of hydrogen-bond acceptors (Lipinski definition) is 13. The van der Waals surface area contributed by atoms with Crippen LogP contribution in [-0.2, 0) is 30.6 Å². The summed E-state index contributed by atoms with van der Waals surface area (Å²) in [5, 5.41) is 34.4. The normalized spacial score (nSPS) is 19.0. The minimum Gasteiger partial charge on any atom is -0.480 e. The smallest absolute Gasteiger partial charge is 0.425 e. The summed E-state index contributed by atoms with van der Waals surface area (Å²) in [5.74, 6) is -4.43. The van der Waals surface area contributed by atoms with Crippen LogP contribution >= 0.6 is 23.5 Å². The second-order valence-electron chi connectivity index (χ2n) is 8.20. The van der Waals surface area contributed by atoms with Crippen molar-refractivity contribution in [3.63, 3.8) is 0 Å². The molecule has 0 aromatic carbocycles. The number of thioether (sulfide) groups is 2. The first-order valence-corrected chi connectivity index (χ1v) is 13.2. The van der Waals surface area contributed by atoms with Gasteiger partial charge in [0, 0.05) is 11.5 Å². The van der Waals surface area contributed by atoms with Gasteiger partial charge in [0.1, 0.15) is 35.2 Å². The van der Waals surface area contributed by atoms with Crippen LogP contribution in [0.1, 0.15) is 5.69 Å². The zero-order valence-electron chi connectivity index (χ0n) is 20.3. The topological polar surface area (TPSA) is 228 Å². The predicted octanol–water partition coefficient (Wildman–Crippen LogP) is -0.451. The quantitative estimate of drug-likeness (QED) is 0.108. The van der Waals surface area contributed by atoms with E-state index in [9.17, 15) is 37.5 Å². The SMILES string of the molecule is Nc1cccc(C(=NOCC(F)(F)F)C(=O)NC2C(=O)N3C(C(=O)O)=C(CSc4nnnn4CC(=O)O)CS[C@@H]23)n1. The number of aromatic nitrogens is 5. The van der Waals surface area contributed by atoms with Gasteiger partial charge in [-0.3, -0.25) is 19.3 Å². The number of anilines is 1. The standard InChI is InChI=1S/C20H18F3N9O7S2/c21-20(22,23)7-39-28-12(9-2-1-3-10(24)25-9)15(35)26-13-16(36)32-14(18(37)38)8(5-40-17(13)32)6-41-19-27-29-30-31(19)4-11(33)34/h1-3,13,17H,4-7H2,(H2,24,25)(H,26,35)(H,33,34)(H,37,38)/t13?,17-/m0/s1. The monoisotopic (exact) mass is 617 g/mol. The molecule has 218 valence electrons. The number of nitrogens with zero attached hydrogens (tertiary/aromatic N) is 7. The Hall–Kier alpha value is -4.40. The highest BCUT2D eigenvalue weighted by molar-refractivity contribution is 8.01. The minimum atomic E-state index is -4.74. The molecule has 41 heavy (non-hydrogen) atoms. The fourth-order valence-electron chi connectivity index (χ4n) is 3.64. The molecule has 0 aliphatic carbocycles. The van der Waals surface area contributed by atoms with Crippen LogP contribution < -0.4 is 11.1 Å². The van der Waals surface area contributed by atoms with Crippen LogP contribution in [0.2, 0.25) is 0 Å². The van der Waals surface area contributed by atoms with Crippen LogP contribution in [0.3, 0.4) is 0 Å². The van der Waals surface area contributed by atoms with E-state index in [0.717, 1.165) is 33.1 Å². The number of nitrogen functional groups attached to an aromatic ring is 1. The van der Waals surface area contributed by atoms with Crippen molar-refractivity contribution < 1.29 is 47.4 Å². The van der Waals surface area contributed by atoms with Gasteiger partial charge in [-0.25, -0.2) is 14.5 Å². The number of nitrogens with two attached hydrogens (primary N) is 1. The van der Waals surface area contributed by atoms with Crippen LogP contribution in [-0.4, -0.2) is 105 Å². The van der Waals surface area contributed by atoms with Crippen molar-refractivity contribution in [2.45, 2.75) is 29.3 Å². The van der Waals surface area contributed by atoms with Crippen LogP contribution in [0.4, 0.5) is 19.0 Å². The van der Waals surface area contributed by atoms with E-state index in [1.54, 1.807) is 0 Å². The number of tetrazole rings is 1. The maximum atomic E-state index is 13.0. The maximum Gasteiger partial charge on any atom is 0.425 e. The van der Waals surface area contributed by atoms with Crippen LogP contribution in [0, 0.1) is 0 Å². The van der Waals surface area contributed by atoms with E-state index in [0.29, 0.717) is 5.57 Å². The lowest BCUT2D eigenvalue weighted by molar-refractivity contribution is -0.174. The molecule has 0 spiro atoms. The molecule has 2 aliphatic heterocycles. The Morgan fingerprint density at radius 2 is 2.05 bits per heavy atom. The van der Waals surface area contributed by atoms with Gasteiger partial charge in [-0.2, -0.15) is 13.2 Å². The predicted molar refractivity (Wildman–Crippen MR) is 133 cm³/mol. The molecule has 4 rings (SSSR count). The zero-order chi connectivity index (χ0) is 29.9. The van der Waals surface area contributed by atoms with Crippen LogP contribution in [0.5, 0.6) is 0 Å². The highest BCUT2D eigenvalue weighted by Gasteiger charge is 2.54. The number of carbonyl (C=O) groups is 4. The van der Waals surface area contributed by atoms with Crippen molar-refractivity contribution in [1.82, 2.24) is 35.4 Å². The number of hydrogen-bond donors (Lipinski definition) is 4. The molecular weight excluding hydrogens is 599 g/mol. The molecule has 2 aliphatic rings. The molecule has 5 N–H and O–H groups in total. The van der Waals surface area contributed by atoms with Gasteiger partial charge in [0.15, 0.2) is 5.71 Å². The van der Waals surface area contributed by atoms with Crippen molar-refractivity contribution in [3.8, 4) is 0 Å². The van der Waals surface area contributed by atoms with Crippen molar-refractivity contribution in [1.29, 1.82) is 0 Å². The highest BCUT2D eigenvalue weighted by Crippen LogP contribution is 2.41. The van der Waals surface area contributed by atoms with Crippen molar-refractivity contribution >= 4 is 58.8 Å². The van der Waals surface area contributed by atoms with E-state index >= 15 is 0 Å². The molecule has 4 heterocycles. The molecule has 21 heteroatoms. The molecular formula is C20H18F3N9O7S2. The Labute approximate surface area is 235 Å². The maximum absolute atomic E-state index is 13.0. The van der Waals surface area contributed by atoms with Crippen LogP contribution in [0.25, 0.3) is 0 Å². The number of pyridine rings is 1. The summed E-state index contributed by atoms with van der Waals surface area (Å²) in [5.41, 5.74) is 4.69. The average molecular weight is 618 g/mol. The molecule has 0 saturated carbocycles. The highest BCUT2D eigenvalue weighted by atomic mass is 32.2. The number of nitrogens with one attached hydrogen (secondary N) is 1. The number of carbonyl (C=O) groups excluding carboxylic acids is 2. The number of alkyl halides is 3. The lowest BCUT2D eigenvalue weighted by Crippen LogP contribution is -2.71. The van der Waals surface area contributed by atoms with Crippen molar-refractivity contribution in [3.05, 3.63) is 35.2 Å². The van der Waals surface area contributed by atoms with Gasteiger partial charge in [-0.15, -0.1) is 16.9 Å². The second kappa shape index (κ2) is 12.0. The summed E-state index contributed by atoms with van der Waals surface area (Å²) < 4.78 is 38.7. The number of β-lactam (4-membered cyclic amide) rings is 1. The number of aliphatic carboxylic acids is 2. The Balaban J connectivity index is 1.50. The van der Waals surface area contributed by atoms with E-state index in [1.807, 2.05) is 0 Å². The summed E-state index contributed by atoms with van der Waals surface area (Å²) in [6.07, 6.45) is -4.74. The summed E-state index contributed by atoms with van der Waals surface area (Å²) >= 11 is 2.10. The first-order valence-electron chi connectivity index (χ1n) is 11.2. The third-order valence-electron chi connectivity index (χ3n) is 5.31. The van der Waals surface area contributed by atoms with Crippen LogP contribution in [0.15, 0.2) is 39.8 Å². The lowest BCUT2D eigenvalue weighted by Gasteiger charge is -2.49. The Bertz CT molecular complexity index is 1450. The average Bonchev–Trinajstić information content (AvgIpc) is 3.33. The van der Waals surface area contributed by atoms with Gasteiger partial charge in [0.25, 0.3) is 11.8 Å². The molecule has 2 atom stereocenters. The molecule has 1 saturated heterocycles. The van der Waals surface area contributed by atoms with Gasteiger partial charge in [-0.05, 0) is 28.1 Å². The number of fused-ring (bicyclic) bond motifs is 1. The second-order valence-corrected chi connectivity index (χ2v) is 10.2. The number of amides is 2. The molecule has 0 bridgehead atoms. The summed E-state index contributed by atoms with van der Waals surface area (Å²) in [6.45, 7) is -2.31. The number of halogens is 3. The summed E-state index contributed by atoms with van der Waals surface area (Å²) in [4.78, 5) is 58.2. The first kappa shape index (κ1) is 29.6. The van der Waals surface area contributed by atoms with E-state index in [-0.39, 0.29) is 33.9 Å². The minimum absolute atomic E-state index is 0.0105. The van der Waals surface area contributed by atoms with Gasteiger partial charge in [0.2, 0.25) is 11.8 Å². The van der Waals surface area contributed by atoms with E-state index in [4.69, 9.17) is 10.8 Å². The van der Waals surface area contributed by atoms with Gasteiger partial charge < -0.3 is 26.1 Å². The Morgan fingerprint density at radius 1 is 1.29 bits per heavy atom. The van der Waals surface area contributed by atoms with E-state index in [2.05, 4.69) is 35.8 Å². The van der Waals surface area contributed by atoms with E-state index in [1.165, 1.54) is 18.2 Å². The van der Waals surface area contributed by atoms with Gasteiger partial charge >= 0.3 is 18.1 Å². The summed E-state index contributed by atoms with van der Waals surface area (Å²) in [6, 6.07) is 2.75. The zero-order valence-corrected chi connectivity index (χ0v) is 21.9. The number of carboxylic acid groups (broad SMARTS) is 2. The Morgan fingerprint density at radius 3 is 2.71 bits per heavy atom. The number of oxime groups is 1. The lowest BCUT2D eigenvalue weighted by atomic mass is 10.0. The van der Waals surface area contributed by atoms with E-state index < -0.39 is 60.2 Å². The van der Waals surface area contributed by atoms with Crippen molar-refractivity contribution in [2.24, 2.45) is 5.16 Å². The fraction of sp³-hybridized carbons (Fsp3) is 0.350. The van der Waals surface area contributed by atoms with Gasteiger partial charge in [-0.1, -0.05) is 23.0 Å². The first-order chi connectivity index (χ1) is 19.4. The Kier molecular flexibility index (Phi) is 8.66. The molecule has 2 aromatic rings. The molecule has 16 nitrogen and oxygen atoms in total. The largest absolute Gasteiger partial charge is 0.480 e. The molecule has 2 aromatic heterocycles.